The number of hydrogen-bond donors (Lipinski definition) is 1. The van der Waals surface area contributed by atoms with Crippen LogP contribution in [0.1, 0.15) is 31.4 Å². The van der Waals surface area contributed by atoms with E-state index in [-0.39, 0.29) is 0 Å². The minimum atomic E-state index is 0.521. The van der Waals surface area contributed by atoms with Gasteiger partial charge in [0.15, 0.2) is 0 Å². The van der Waals surface area contributed by atoms with Gasteiger partial charge in [0.1, 0.15) is 0 Å². The van der Waals surface area contributed by atoms with Crippen LogP contribution in [-0.4, -0.2) is 26.3 Å². The van der Waals surface area contributed by atoms with E-state index in [9.17, 15) is 0 Å². The molecule has 0 aliphatic heterocycles. The smallest absolute Gasteiger partial charge is 0.0477 e. The van der Waals surface area contributed by atoms with Gasteiger partial charge in [0.05, 0.1) is 0 Å². The summed E-state index contributed by atoms with van der Waals surface area (Å²) in [5.74, 6) is 0. The van der Waals surface area contributed by atoms with E-state index in [0.717, 1.165) is 32.4 Å². The summed E-state index contributed by atoms with van der Waals surface area (Å²) in [7, 11) is 1.76. The zero-order chi connectivity index (χ0) is 12.5. The van der Waals surface area contributed by atoms with Crippen molar-refractivity contribution in [3.63, 3.8) is 0 Å². The lowest BCUT2D eigenvalue weighted by Gasteiger charge is -2.17. The highest BCUT2D eigenvalue weighted by Crippen LogP contribution is 2.09. The number of ether oxygens (including phenoxy) is 1. The zero-order valence-electron chi connectivity index (χ0n) is 11.3. The lowest BCUT2D eigenvalue weighted by Crippen LogP contribution is -2.32. The van der Waals surface area contributed by atoms with Crippen molar-refractivity contribution in [1.29, 1.82) is 0 Å². The highest BCUT2D eigenvalue weighted by molar-refractivity contribution is 5.23. The number of methoxy groups -OCH3 is 1. The van der Waals surface area contributed by atoms with E-state index in [1.165, 1.54) is 11.1 Å². The van der Waals surface area contributed by atoms with Gasteiger partial charge in [-0.15, -0.1) is 0 Å². The number of hydrogen-bond acceptors (Lipinski definition) is 2. The maximum absolute atomic E-state index is 5.15. The summed E-state index contributed by atoms with van der Waals surface area (Å²) in [6.45, 7) is 6.18. The molecule has 2 heteroatoms. The molecule has 0 aliphatic rings. The molecular formula is C15H25NO. The molecule has 96 valence electrons. The third kappa shape index (κ3) is 5.33. The van der Waals surface area contributed by atoms with Crippen molar-refractivity contribution in [2.75, 3.05) is 20.3 Å². The Balaban J connectivity index is 2.51. The summed E-state index contributed by atoms with van der Waals surface area (Å²) < 4.78 is 5.15. The van der Waals surface area contributed by atoms with Crippen molar-refractivity contribution in [3.05, 3.63) is 35.4 Å². The first-order valence-corrected chi connectivity index (χ1v) is 6.60. The summed E-state index contributed by atoms with van der Waals surface area (Å²) in [6.07, 6.45) is 3.27. The molecule has 1 unspecified atom stereocenters. The van der Waals surface area contributed by atoms with E-state index in [0.29, 0.717) is 6.04 Å². The Hall–Kier alpha value is -0.860. The lowest BCUT2D eigenvalue weighted by molar-refractivity contribution is 0.183. The molecule has 0 amide bonds. The third-order valence-electron chi connectivity index (χ3n) is 3.08. The fourth-order valence-electron chi connectivity index (χ4n) is 2.02. The standard InChI is InChI=1S/C15H25NO/c1-4-13-6-8-14(9-7-13)12-15(16-5-2)10-11-17-3/h6-9,15-16H,4-5,10-12H2,1-3H3. The van der Waals surface area contributed by atoms with Gasteiger partial charge in [-0.1, -0.05) is 38.1 Å². The summed E-state index contributed by atoms with van der Waals surface area (Å²) in [5, 5.41) is 3.51. The normalized spacial score (nSPS) is 12.6. The van der Waals surface area contributed by atoms with Crippen molar-refractivity contribution in [2.45, 2.75) is 39.2 Å². The molecule has 0 fully saturated rings. The Morgan fingerprint density at radius 3 is 2.29 bits per heavy atom. The van der Waals surface area contributed by atoms with Gasteiger partial charge in [0.2, 0.25) is 0 Å². The molecule has 0 bridgehead atoms. The second-order valence-corrected chi connectivity index (χ2v) is 4.41. The highest BCUT2D eigenvalue weighted by Gasteiger charge is 2.07. The van der Waals surface area contributed by atoms with Crippen molar-refractivity contribution < 1.29 is 4.74 Å². The summed E-state index contributed by atoms with van der Waals surface area (Å²) in [5.41, 5.74) is 2.81. The van der Waals surface area contributed by atoms with Gasteiger partial charge in [-0.3, -0.25) is 0 Å². The van der Waals surface area contributed by atoms with Gasteiger partial charge < -0.3 is 10.1 Å². The molecular weight excluding hydrogens is 210 g/mol. The molecule has 1 aromatic carbocycles. The fraction of sp³-hybridized carbons (Fsp3) is 0.600. The van der Waals surface area contributed by atoms with E-state index in [4.69, 9.17) is 4.74 Å². The summed E-state index contributed by atoms with van der Waals surface area (Å²) >= 11 is 0. The number of likely N-dealkylation sites (N-methyl/N-ethyl adjacent to an activating group) is 1. The van der Waals surface area contributed by atoms with E-state index in [1.54, 1.807) is 7.11 Å². The van der Waals surface area contributed by atoms with Crippen molar-refractivity contribution in [1.82, 2.24) is 5.32 Å². The molecule has 0 heterocycles. The van der Waals surface area contributed by atoms with Crippen LogP contribution >= 0.6 is 0 Å². The second-order valence-electron chi connectivity index (χ2n) is 4.41. The average molecular weight is 235 g/mol. The minimum Gasteiger partial charge on any atom is -0.385 e. The largest absolute Gasteiger partial charge is 0.385 e. The number of benzene rings is 1. The van der Waals surface area contributed by atoms with Crippen LogP contribution in [0.4, 0.5) is 0 Å². The van der Waals surface area contributed by atoms with Crippen LogP contribution in [0.5, 0.6) is 0 Å². The maximum atomic E-state index is 5.15. The van der Waals surface area contributed by atoms with Crippen LogP contribution in [0.2, 0.25) is 0 Å². The van der Waals surface area contributed by atoms with Crippen molar-refractivity contribution >= 4 is 0 Å². The van der Waals surface area contributed by atoms with Crippen LogP contribution in [0.25, 0.3) is 0 Å². The minimum absolute atomic E-state index is 0.521. The van der Waals surface area contributed by atoms with E-state index in [2.05, 4.69) is 43.4 Å². The van der Waals surface area contributed by atoms with Crippen LogP contribution in [-0.2, 0) is 17.6 Å². The molecule has 0 saturated heterocycles. The fourth-order valence-corrected chi connectivity index (χ4v) is 2.02. The third-order valence-corrected chi connectivity index (χ3v) is 3.08. The molecule has 0 aliphatic carbocycles. The Bertz CT molecular complexity index is 294. The molecule has 1 rings (SSSR count). The van der Waals surface area contributed by atoms with E-state index < -0.39 is 0 Å². The van der Waals surface area contributed by atoms with E-state index >= 15 is 0 Å². The molecule has 2 nitrogen and oxygen atoms in total. The monoisotopic (exact) mass is 235 g/mol. The molecule has 0 aromatic heterocycles. The van der Waals surface area contributed by atoms with Crippen LogP contribution < -0.4 is 5.32 Å². The number of aryl methyl sites for hydroxylation is 1. The van der Waals surface area contributed by atoms with Crippen LogP contribution in [0.3, 0.4) is 0 Å². The zero-order valence-corrected chi connectivity index (χ0v) is 11.3. The molecule has 17 heavy (non-hydrogen) atoms. The molecule has 0 saturated carbocycles. The SMILES string of the molecule is CCNC(CCOC)Cc1ccc(CC)cc1. The Kier molecular flexibility index (Phi) is 6.90. The molecule has 0 radical (unpaired) electrons. The van der Waals surface area contributed by atoms with Crippen molar-refractivity contribution in [2.24, 2.45) is 0 Å². The maximum Gasteiger partial charge on any atom is 0.0477 e. The highest BCUT2D eigenvalue weighted by atomic mass is 16.5. The first-order valence-electron chi connectivity index (χ1n) is 6.60. The van der Waals surface area contributed by atoms with Crippen LogP contribution in [0, 0.1) is 0 Å². The molecule has 1 atom stereocenters. The van der Waals surface area contributed by atoms with Gasteiger partial charge in [-0.05, 0) is 36.9 Å². The van der Waals surface area contributed by atoms with Crippen LogP contribution in [0.15, 0.2) is 24.3 Å². The average Bonchev–Trinajstić information content (AvgIpc) is 2.37. The topological polar surface area (TPSA) is 21.3 Å². The van der Waals surface area contributed by atoms with E-state index in [1.807, 2.05) is 0 Å². The molecule has 1 aromatic rings. The predicted octanol–water partition coefficient (Wildman–Crippen LogP) is 2.81. The van der Waals surface area contributed by atoms with Crippen molar-refractivity contribution in [3.8, 4) is 0 Å². The Morgan fingerprint density at radius 2 is 1.76 bits per heavy atom. The van der Waals surface area contributed by atoms with Gasteiger partial charge in [-0.25, -0.2) is 0 Å². The van der Waals surface area contributed by atoms with Gasteiger partial charge in [-0.2, -0.15) is 0 Å². The predicted molar refractivity (Wildman–Crippen MR) is 73.5 cm³/mol. The number of rotatable bonds is 8. The van der Waals surface area contributed by atoms with Gasteiger partial charge in [0.25, 0.3) is 0 Å². The van der Waals surface area contributed by atoms with Gasteiger partial charge in [0, 0.05) is 19.8 Å². The summed E-state index contributed by atoms with van der Waals surface area (Å²) in [6, 6.07) is 9.47. The first-order chi connectivity index (χ1) is 8.30. The quantitative estimate of drug-likeness (QED) is 0.748. The first kappa shape index (κ1) is 14.2. The summed E-state index contributed by atoms with van der Waals surface area (Å²) in [4.78, 5) is 0. The second kappa shape index (κ2) is 8.26. The Labute approximate surface area is 105 Å². The molecule has 0 spiro atoms. The van der Waals surface area contributed by atoms with Gasteiger partial charge >= 0.3 is 0 Å². The lowest BCUT2D eigenvalue weighted by atomic mass is 10.0. The number of nitrogens with one attached hydrogen (secondary N) is 1. The Morgan fingerprint density at radius 1 is 1.12 bits per heavy atom. The molecule has 1 N–H and O–H groups in total.